The third kappa shape index (κ3) is 3.12. The van der Waals surface area contributed by atoms with Crippen LogP contribution in [-0.2, 0) is 9.53 Å². The summed E-state index contributed by atoms with van der Waals surface area (Å²) in [6.07, 6.45) is 2.07. The summed E-state index contributed by atoms with van der Waals surface area (Å²) in [6.45, 7) is 2.68. The van der Waals surface area contributed by atoms with Crippen LogP contribution in [0.4, 0.5) is 0 Å². The van der Waals surface area contributed by atoms with Gasteiger partial charge in [-0.1, -0.05) is 18.2 Å². The van der Waals surface area contributed by atoms with Gasteiger partial charge in [-0.2, -0.15) is 0 Å². The fourth-order valence-electron chi connectivity index (χ4n) is 2.83. The van der Waals surface area contributed by atoms with Gasteiger partial charge in [-0.25, -0.2) is 0 Å². The molecule has 0 radical (unpaired) electrons. The van der Waals surface area contributed by atoms with Gasteiger partial charge in [-0.05, 0) is 31.0 Å². The van der Waals surface area contributed by atoms with Crippen molar-refractivity contribution in [2.45, 2.75) is 23.8 Å². The molecule has 2 heterocycles. The van der Waals surface area contributed by atoms with Crippen LogP contribution in [0.3, 0.4) is 0 Å². The number of benzene rings is 1. The van der Waals surface area contributed by atoms with Crippen molar-refractivity contribution < 1.29 is 9.53 Å². The number of ether oxygens (including phenoxy) is 1. The summed E-state index contributed by atoms with van der Waals surface area (Å²) >= 11 is 1.92. The summed E-state index contributed by atoms with van der Waals surface area (Å²) < 4.78 is 5.06. The normalized spacial score (nSPS) is 27.7. The Hall–Kier alpha value is -1.00. The molecule has 2 fully saturated rings. The second-order valence-corrected chi connectivity index (χ2v) is 6.34. The Morgan fingerprint density at radius 3 is 2.84 bits per heavy atom. The number of carbonyl (C=O) groups excluding carboxylic acids is 1. The van der Waals surface area contributed by atoms with Crippen LogP contribution >= 0.6 is 11.8 Å². The van der Waals surface area contributed by atoms with Gasteiger partial charge in [-0.15, -0.1) is 11.8 Å². The number of rotatable bonds is 4. The SMILES string of the molecule is O=C1OCC[C@@H]1N1CC[C@H](CSc2ccccc2)C1. The molecule has 1 aromatic carbocycles. The molecule has 0 bridgehead atoms. The summed E-state index contributed by atoms with van der Waals surface area (Å²) in [4.78, 5) is 15.2. The number of cyclic esters (lactones) is 1. The molecule has 2 aliphatic rings. The minimum atomic E-state index is -0.0173. The van der Waals surface area contributed by atoms with Crippen molar-refractivity contribution in [1.29, 1.82) is 0 Å². The highest BCUT2D eigenvalue weighted by molar-refractivity contribution is 7.99. The van der Waals surface area contributed by atoms with Crippen LogP contribution in [0.15, 0.2) is 35.2 Å². The number of carbonyl (C=O) groups is 1. The summed E-state index contributed by atoms with van der Waals surface area (Å²) in [5, 5.41) is 0. The molecule has 1 aromatic rings. The Morgan fingerprint density at radius 2 is 2.11 bits per heavy atom. The lowest BCUT2D eigenvalue weighted by atomic mass is 10.1. The highest BCUT2D eigenvalue weighted by Crippen LogP contribution is 2.28. The van der Waals surface area contributed by atoms with Gasteiger partial charge in [0.25, 0.3) is 0 Å². The Bertz CT molecular complexity index is 437. The summed E-state index contributed by atoms with van der Waals surface area (Å²) in [6, 6.07) is 10.6. The zero-order valence-electron chi connectivity index (χ0n) is 11.0. The molecule has 102 valence electrons. The minimum Gasteiger partial charge on any atom is -0.464 e. The summed E-state index contributed by atoms with van der Waals surface area (Å²) in [5.74, 6) is 1.82. The highest BCUT2D eigenvalue weighted by Gasteiger charge is 2.36. The van der Waals surface area contributed by atoms with Gasteiger partial charge in [0.05, 0.1) is 6.61 Å². The molecule has 0 aromatic heterocycles. The predicted molar refractivity (Wildman–Crippen MR) is 76.2 cm³/mol. The molecule has 4 heteroatoms. The number of esters is 1. The molecular formula is C15H19NO2S. The largest absolute Gasteiger partial charge is 0.464 e. The van der Waals surface area contributed by atoms with Crippen LogP contribution in [0.5, 0.6) is 0 Å². The van der Waals surface area contributed by atoms with Crippen LogP contribution in [0.25, 0.3) is 0 Å². The quantitative estimate of drug-likeness (QED) is 0.624. The molecular weight excluding hydrogens is 258 g/mol. The third-order valence-corrected chi connectivity index (χ3v) is 5.14. The van der Waals surface area contributed by atoms with E-state index in [1.807, 2.05) is 17.8 Å². The van der Waals surface area contributed by atoms with Crippen LogP contribution in [-0.4, -0.2) is 42.4 Å². The van der Waals surface area contributed by atoms with Crippen LogP contribution in [0, 0.1) is 5.92 Å². The number of hydrogen-bond acceptors (Lipinski definition) is 4. The maximum Gasteiger partial charge on any atom is 0.323 e. The molecule has 0 unspecified atom stereocenters. The van der Waals surface area contributed by atoms with Crippen LogP contribution in [0.2, 0.25) is 0 Å². The van der Waals surface area contributed by atoms with E-state index in [9.17, 15) is 4.79 Å². The second kappa shape index (κ2) is 5.97. The van der Waals surface area contributed by atoms with Gasteiger partial charge in [0.15, 0.2) is 0 Å². The lowest BCUT2D eigenvalue weighted by Gasteiger charge is -2.20. The number of thioether (sulfide) groups is 1. The zero-order valence-corrected chi connectivity index (χ0v) is 11.8. The van der Waals surface area contributed by atoms with Gasteiger partial charge in [0, 0.05) is 23.6 Å². The Morgan fingerprint density at radius 1 is 1.26 bits per heavy atom. The molecule has 0 N–H and O–H groups in total. The fraction of sp³-hybridized carbons (Fsp3) is 0.533. The van der Waals surface area contributed by atoms with E-state index in [2.05, 4.69) is 29.2 Å². The van der Waals surface area contributed by atoms with Gasteiger partial charge in [0.1, 0.15) is 6.04 Å². The van der Waals surface area contributed by atoms with E-state index in [1.54, 1.807) is 0 Å². The zero-order chi connectivity index (χ0) is 13.1. The maximum atomic E-state index is 11.6. The highest BCUT2D eigenvalue weighted by atomic mass is 32.2. The molecule has 0 spiro atoms. The van der Waals surface area contributed by atoms with Crippen LogP contribution in [0.1, 0.15) is 12.8 Å². The van der Waals surface area contributed by atoms with Crippen molar-refractivity contribution in [3.05, 3.63) is 30.3 Å². The van der Waals surface area contributed by atoms with E-state index in [4.69, 9.17) is 4.74 Å². The average Bonchev–Trinajstić information content (AvgIpc) is 3.06. The molecule has 2 saturated heterocycles. The Labute approximate surface area is 118 Å². The summed E-state index contributed by atoms with van der Waals surface area (Å²) in [7, 11) is 0. The van der Waals surface area contributed by atoms with E-state index in [1.165, 1.54) is 11.3 Å². The molecule has 3 rings (SSSR count). The molecule has 0 saturated carbocycles. The second-order valence-electron chi connectivity index (χ2n) is 5.25. The van der Waals surface area contributed by atoms with E-state index >= 15 is 0 Å². The average molecular weight is 277 g/mol. The first-order valence-corrected chi connectivity index (χ1v) is 7.90. The van der Waals surface area contributed by atoms with Crippen molar-refractivity contribution in [3.8, 4) is 0 Å². The van der Waals surface area contributed by atoms with Gasteiger partial charge < -0.3 is 4.74 Å². The molecule has 0 amide bonds. The fourth-order valence-corrected chi connectivity index (χ4v) is 3.88. The van der Waals surface area contributed by atoms with E-state index in [0.29, 0.717) is 12.5 Å². The van der Waals surface area contributed by atoms with Crippen molar-refractivity contribution in [2.24, 2.45) is 5.92 Å². The number of nitrogens with zero attached hydrogens (tertiary/aromatic N) is 1. The first kappa shape index (κ1) is 13.0. The molecule has 2 atom stereocenters. The van der Waals surface area contributed by atoms with Gasteiger partial charge in [-0.3, -0.25) is 9.69 Å². The Balaban J connectivity index is 1.48. The van der Waals surface area contributed by atoms with Crippen LogP contribution < -0.4 is 0 Å². The monoisotopic (exact) mass is 277 g/mol. The number of hydrogen-bond donors (Lipinski definition) is 0. The molecule has 2 aliphatic heterocycles. The van der Waals surface area contributed by atoms with E-state index in [-0.39, 0.29) is 12.0 Å². The third-order valence-electron chi connectivity index (χ3n) is 3.89. The lowest BCUT2D eigenvalue weighted by Crippen LogP contribution is -2.36. The smallest absolute Gasteiger partial charge is 0.323 e. The minimum absolute atomic E-state index is 0.0173. The van der Waals surface area contributed by atoms with Crippen molar-refractivity contribution in [2.75, 3.05) is 25.4 Å². The molecule has 0 aliphatic carbocycles. The topological polar surface area (TPSA) is 29.5 Å². The van der Waals surface area contributed by atoms with E-state index < -0.39 is 0 Å². The summed E-state index contributed by atoms with van der Waals surface area (Å²) in [5.41, 5.74) is 0. The van der Waals surface area contributed by atoms with Gasteiger partial charge >= 0.3 is 5.97 Å². The maximum absolute atomic E-state index is 11.6. The lowest BCUT2D eigenvalue weighted by molar-refractivity contribution is -0.142. The Kier molecular flexibility index (Phi) is 4.09. The predicted octanol–water partition coefficient (Wildman–Crippen LogP) is 2.42. The van der Waals surface area contributed by atoms with E-state index in [0.717, 1.165) is 25.3 Å². The number of likely N-dealkylation sites (tertiary alicyclic amines) is 1. The van der Waals surface area contributed by atoms with Crippen molar-refractivity contribution >= 4 is 17.7 Å². The molecule has 19 heavy (non-hydrogen) atoms. The standard InChI is InChI=1S/C15H19NO2S/c17-15-14(7-9-18-15)16-8-6-12(10-16)11-19-13-4-2-1-3-5-13/h1-5,12,14H,6-11H2/t12-,14-/m0/s1. The first-order chi connectivity index (χ1) is 9.33. The first-order valence-electron chi connectivity index (χ1n) is 6.91. The van der Waals surface area contributed by atoms with Crippen molar-refractivity contribution in [3.63, 3.8) is 0 Å². The van der Waals surface area contributed by atoms with Gasteiger partial charge in [0.2, 0.25) is 0 Å². The van der Waals surface area contributed by atoms with Crippen molar-refractivity contribution in [1.82, 2.24) is 4.90 Å². The molecule has 3 nitrogen and oxygen atoms in total.